The maximum absolute atomic E-state index is 12.2. The normalized spacial score (nSPS) is 26.1. The van der Waals surface area contributed by atoms with Crippen LogP contribution >= 0.6 is 0 Å². The quantitative estimate of drug-likeness (QED) is 0.826. The van der Waals surface area contributed by atoms with E-state index in [1.165, 1.54) is 0 Å². The second-order valence-corrected chi connectivity index (χ2v) is 5.18. The molecule has 18 heavy (non-hydrogen) atoms. The highest BCUT2D eigenvalue weighted by atomic mass is 16.5. The fourth-order valence-corrected chi connectivity index (χ4v) is 2.94. The van der Waals surface area contributed by atoms with E-state index in [0.29, 0.717) is 5.92 Å². The third kappa shape index (κ3) is 1.64. The number of hydrogen-bond acceptors (Lipinski definition) is 3. The molecular weight excluding hydrogens is 228 g/mol. The van der Waals surface area contributed by atoms with Crippen molar-refractivity contribution >= 4 is 17.3 Å². The van der Waals surface area contributed by atoms with Gasteiger partial charge in [-0.15, -0.1) is 0 Å². The van der Waals surface area contributed by atoms with Gasteiger partial charge in [-0.2, -0.15) is 0 Å². The Morgan fingerprint density at radius 2 is 2.28 bits per heavy atom. The molecule has 2 aliphatic rings. The van der Waals surface area contributed by atoms with Gasteiger partial charge in [-0.1, -0.05) is 13.0 Å². The van der Waals surface area contributed by atoms with Gasteiger partial charge in [0.1, 0.15) is 17.5 Å². The number of carbonyl (C=O) groups is 1. The van der Waals surface area contributed by atoms with Gasteiger partial charge >= 0.3 is 0 Å². The van der Waals surface area contributed by atoms with Crippen LogP contribution in [-0.4, -0.2) is 25.6 Å². The molecule has 0 spiro atoms. The number of nitrogens with zero attached hydrogens (tertiary/aromatic N) is 1. The van der Waals surface area contributed by atoms with Crippen LogP contribution in [0.4, 0.5) is 11.4 Å². The average molecular weight is 246 g/mol. The summed E-state index contributed by atoms with van der Waals surface area (Å²) in [6.07, 6.45) is 2.07. The van der Waals surface area contributed by atoms with Crippen LogP contribution in [0.2, 0.25) is 0 Å². The molecule has 0 aliphatic carbocycles. The first-order chi connectivity index (χ1) is 8.70. The molecule has 0 aromatic heterocycles. The van der Waals surface area contributed by atoms with Crippen LogP contribution in [0.15, 0.2) is 18.2 Å². The summed E-state index contributed by atoms with van der Waals surface area (Å²) in [4.78, 5) is 14.4. The van der Waals surface area contributed by atoms with Gasteiger partial charge in [0.2, 0.25) is 5.91 Å². The van der Waals surface area contributed by atoms with E-state index >= 15 is 0 Å². The number of methoxy groups -OCH3 is 1. The molecule has 3 rings (SSSR count). The molecule has 96 valence electrons. The summed E-state index contributed by atoms with van der Waals surface area (Å²) in [6.45, 7) is 3.16. The third-order valence-electron chi connectivity index (χ3n) is 3.95. The minimum Gasteiger partial charge on any atom is -0.494 e. The first-order valence-electron chi connectivity index (χ1n) is 6.45. The highest BCUT2D eigenvalue weighted by Gasteiger charge is 2.37. The third-order valence-corrected chi connectivity index (χ3v) is 3.95. The van der Waals surface area contributed by atoms with Crippen molar-refractivity contribution < 1.29 is 9.53 Å². The maximum Gasteiger partial charge on any atom is 0.247 e. The monoisotopic (exact) mass is 246 g/mol. The fraction of sp³-hybridized carbons (Fsp3) is 0.500. The summed E-state index contributed by atoms with van der Waals surface area (Å²) >= 11 is 0. The predicted molar refractivity (Wildman–Crippen MR) is 71.2 cm³/mol. The summed E-state index contributed by atoms with van der Waals surface area (Å²) in [5.41, 5.74) is 1.90. The Morgan fingerprint density at radius 3 is 3.06 bits per heavy atom. The molecule has 2 heterocycles. The first-order valence-corrected chi connectivity index (χ1v) is 6.45. The second kappa shape index (κ2) is 4.19. The fourth-order valence-electron chi connectivity index (χ4n) is 2.94. The lowest BCUT2D eigenvalue weighted by Gasteiger charge is -2.43. The largest absolute Gasteiger partial charge is 0.494 e. The van der Waals surface area contributed by atoms with Gasteiger partial charge in [0.25, 0.3) is 0 Å². The highest BCUT2D eigenvalue weighted by Crippen LogP contribution is 2.42. The summed E-state index contributed by atoms with van der Waals surface area (Å²) in [6, 6.07) is 5.89. The topological polar surface area (TPSA) is 41.6 Å². The molecule has 1 amide bonds. The van der Waals surface area contributed by atoms with E-state index < -0.39 is 0 Å². The molecular formula is C14H18N2O2. The number of fused-ring (bicyclic) bond motifs is 3. The Balaban J connectivity index is 2.04. The molecule has 1 aromatic carbocycles. The summed E-state index contributed by atoms with van der Waals surface area (Å²) < 4.78 is 5.32. The number of amides is 1. The van der Waals surface area contributed by atoms with Gasteiger partial charge in [0, 0.05) is 6.54 Å². The standard InChI is InChI=1S/C14H18N2O2/c1-9-6-7-16-10-4-3-5-12(18-2)13(10)15-14(17)11(16)8-9/h3-5,9,11H,6-8H2,1-2H3,(H,15,17). The number of benzene rings is 1. The Labute approximate surface area is 107 Å². The Kier molecular flexibility index (Phi) is 2.65. The van der Waals surface area contributed by atoms with Gasteiger partial charge in [-0.25, -0.2) is 0 Å². The van der Waals surface area contributed by atoms with Gasteiger partial charge in [-0.3, -0.25) is 4.79 Å². The zero-order valence-corrected chi connectivity index (χ0v) is 10.8. The number of carbonyl (C=O) groups excluding carboxylic acids is 1. The molecule has 0 radical (unpaired) electrons. The van der Waals surface area contributed by atoms with Crippen molar-refractivity contribution in [2.24, 2.45) is 5.92 Å². The van der Waals surface area contributed by atoms with Crippen LogP contribution in [0.1, 0.15) is 19.8 Å². The number of ether oxygens (including phenoxy) is 1. The van der Waals surface area contributed by atoms with Gasteiger partial charge in [0.05, 0.1) is 12.8 Å². The summed E-state index contributed by atoms with van der Waals surface area (Å²) in [5.74, 6) is 1.45. The van der Waals surface area contributed by atoms with E-state index in [1.54, 1.807) is 7.11 Å². The van der Waals surface area contributed by atoms with Gasteiger partial charge in [0.15, 0.2) is 0 Å². The molecule has 1 fully saturated rings. The van der Waals surface area contributed by atoms with Crippen LogP contribution in [0.3, 0.4) is 0 Å². The van der Waals surface area contributed by atoms with Crippen molar-refractivity contribution in [1.82, 2.24) is 0 Å². The SMILES string of the molecule is COc1cccc2c1NC(=O)C1CC(C)CCN21. The molecule has 1 N–H and O–H groups in total. The van der Waals surface area contributed by atoms with Crippen LogP contribution in [0, 0.1) is 5.92 Å². The lowest BCUT2D eigenvalue weighted by atomic mass is 9.90. The zero-order valence-electron chi connectivity index (χ0n) is 10.8. The Hall–Kier alpha value is -1.71. The number of anilines is 2. The average Bonchev–Trinajstić information content (AvgIpc) is 2.38. The number of rotatable bonds is 1. The molecule has 2 aliphatic heterocycles. The molecule has 2 atom stereocenters. The Morgan fingerprint density at radius 1 is 1.44 bits per heavy atom. The van der Waals surface area contributed by atoms with Crippen molar-refractivity contribution in [2.45, 2.75) is 25.8 Å². The minimum absolute atomic E-state index is 0.0200. The van der Waals surface area contributed by atoms with E-state index in [2.05, 4.69) is 23.2 Å². The predicted octanol–water partition coefficient (Wildman–Crippen LogP) is 2.25. The highest BCUT2D eigenvalue weighted by molar-refractivity contribution is 6.05. The molecule has 1 aromatic rings. The Bertz CT molecular complexity index is 487. The van der Waals surface area contributed by atoms with Crippen LogP contribution in [-0.2, 0) is 4.79 Å². The van der Waals surface area contributed by atoms with Gasteiger partial charge < -0.3 is 15.0 Å². The summed E-state index contributed by atoms with van der Waals surface area (Å²) in [7, 11) is 1.63. The van der Waals surface area contributed by atoms with E-state index in [0.717, 1.165) is 36.5 Å². The molecule has 0 saturated carbocycles. The number of para-hydroxylation sites is 1. The number of piperidine rings is 1. The van der Waals surface area contributed by atoms with Crippen LogP contribution in [0.25, 0.3) is 0 Å². The van der Waals surface area contributed by atoms with Crippen molar-refractivity contribution in [3.63, 3.8) is 0 Å². The minimum atomic E-state index is -0.0200. The van der Waals surface area contributed by atoms with Crippen LogP contribution < -0.4 is 15.0 Å². The first kappa shape index (κ1) is 11.4. The van der Waals surface area contributed by atoms with Crippen molar-refractivity contribution in [2.75, 3.05) is 23.9 Å². The van der Waals surface area contributed by atoms with Crippen molar-refractivity contribution in [1.29, 1.82) is 0 Å². The zero-order chi connectivity index (χ0) is 12.7. The lowest BCUT2D eigenvalue weighted by molar-refractivity contribution is -0.118. The van der Waals surface area contributed by atoms with E-state index in [1.807, 2.05) is 12.1 Å². The maximum atomic E-state index is 12.2. The lowest BCUT2D eigenvalue weighted by Crippen LogP contribution is -2.52. The number of nitrogens with one attached hydrogen (secondary N) is 1. The molecule has 4 heteroatoms. The van der Waals surface area contributed by atoms with Crippen LogP contribution in [0.5, 0.6) is 5.75 Å². The molecule has 0 bridgehead atoms. The second-order valence-electron chi connectivity index (χ2n) is 5.18. The molecule has 4 nitrogen and oxygen atoms in total. The smallest absolute Gasteiger partial charge is 0.247 e. The van der Waals surface area contributed by atoms with E-state index in [-0.39, 0.29) is 11.9 Å². The van der Waals surface area contributed by atoms with Crippen molar-refractivity contribution in [3.05, 3.63) is 18.2 Å². The van der Waals surface area contributed by atoms with E-state index in [9.17, 15) is 4.79 Å². The van der Waals surface area contributed by atoms with E-state index in [4.69, 9.17) is 4.74 Å². The number of hydrogen-bond donors (Lipinski definition) is 1. The molecule has 1 saturated heterocycles. The summed E-state index contributed by atoms with van der Waals surface area (Å²) in [5, 5.41) is 2.99. The molecule has 2 unspecified atom stereocenters. The van der Waals surface area contributed by atoms with Crippen molar-refractivity contribution in [3.8, 4) is 5.75 Å². The van der Waals surface area contributed by atoms with Gasteiger partial charge in [-0.05, 0) is 30.9 Å².